The number of benzene rings is 3. The molecule has 0 bridgehead atoms. The zero-order valence-electron chi connectivity index (χ0n) is 19.5. The van der Waals surface area contributed by atoms with Crippen LogP contribution in [0.5, 0.6) is 11.5 Å². The summed E-state index contributed by atoms with van der Waals surface area (Å²) >= 11 is 6.46. The molecule has 0 saturated carbocycles. The van der Waals surface area contributed by atoms with Crippen LogP contribution in [0.15, 0.2) is 72.3 Å². The lowest BCUT2D eigenvalue weighted by atomic mass is 10.1. The van der Waals surface area contributed by atoms with Gasteiger partial charge in [-0.3, -0.25) is 25.0 Å². The van der Waals surface area contributed by atoms with Crippen molar-refractivity contribution in [1.29, 1.82) is 0 Å². The van der Waals surface area contributed by atoms with Gasteiger partial charge in [-0.05, 0) is 48.4 Å². The number of ether oxygens (including phenoxy) is 2. The van der Waals surface area contributed by atoms with Gasteiger partial charge < -0.3 is 9.47 Å². The first kappa shape index (κ1) is 25.4. The van der Waals surface area contributed by atoms with Crippen molar-refractivity contribution in [2.24, 2.45) is 0 Å². The van der Waals surface area contributed by atoms with Gasteiger partial charge in [0, 0.05) is 12.1 Å². The number of nitrogens with one attached hydrogen (secondary N) is 1. The summed E-state index contributed by atoms with van der Waals surface area (Å²) in [5, 5.41) is 13.3. The number of para-hydroxylation sites is 1. The van der Waals surface area contributed by atoms with E-state index < -0.39 is 22.8 Å². The minimum Gasteiger partial charge on any atom is -0.490 e. The lowest BCUT2D eigenvalue weighted by molar-refractivity contribution is -0.384. The van der Waals surface area contributed by atoms with E-state index in [2.05, 4.69) is 5.32 Å². The summed E-state index contributed by atoms with van der Waals surface area (Å²) < 4.78 is 11.5. The number of urea groups is 1. The summed E-state index contributed by atoms with van der Waals surface area (Å²) in [5.41, 5.74) is 0.872. The Morgan fingerprint density at radius 1 is 1.03 bits per heavy atom. The minimum absolute atomic E-state index is 0.0169. The first-order valence-corrected chi connectivity index (χ1v) is 11.4. The fraction of sp³-hybridized carbons (Fsp3) is 0.115. The van der Waals surface area contributed by atoms with Crippen LogP contribution in [0.1, 0.15) is 18.1 Å². The maximum Gasteiger partial charge on any atom is 0.335 e. The monoisotopic (exact) mass is 521 g/mol. The number of nitro benzene ring substituents is 1. The Labute approximate surface area is 216 Å². The molecule has 1 aliphatic rings. The summed E-state index contributed by atoms with van der Waals surface area (Å²) in [7, 11) is 0. The molecule has 1 heterocycles. The van der Waals surface area contributed by atoms with Gasteiger partial charge in [-0.2, -0.15) is 0 Å². The predicted octanol–water partition coefficient (Wildman–Crippen LogP) is 4.89. The van der Waals surface area contributed by atoms with E-state index in [9.17, 15) is 24.5 Å². The number of imide groups is 2. The molecule has 4 rings (SSSR count). The predicted molar refractivity (Wildman–Crippen MR) is 135 cm³/mol. The molecule has 0 unspecified atom stereocenters. The third-order valence-corrected chi connectivity index (χ3v) is 5.54. The van der Waals surface area contributed by atoms with Gasteiger partial charge in [0.15, 0.2) is 11.5 Å². The van der Waals surface area contributed by atoms with E-state index in [0.717, 1.165) is 4.90 Å². The molecule has 1 saturated heterocycles. The second-order valence-electron chi connectivity index (χ2n) is 7.77. The van der Waals surface area contributed by atoms with Crippen LogP contribution < -0.4 is 19.7 Å². The molecule has 1 aliphatic heterocycles. The molecule has 37 heavy (non-hydrogen) atoms. The van der Waals surface area contributed by atoms with E-state index in [4.69, 9.17) is 21.1 Å². The number of anilines is 1. The molecule has 1 fully saturated rings. The first-order chi connectivity index (χ1) is 17.8. The zero-order chi connectivity index (χ0) is 26.5. The van der Waals surface area contributed by atoms with Crippen molar-refractivity contribution in [3.8, 4) is 11.5 Å². The smallest absolute Gasteiger partial charge is 0.335 e. The molecule has 3 aromatic rings. The molecule has 188 valence electrons. The molecule has 0 spiro atoms. The number of hydrogen-bond acceptors (Lipinski definition) is 7. The number of rotatable bonds is 8. The first-order valence-electron chi connectivity index (χ1n) is 11.1. The van der Waals surface area contributed by atoms with Crippen LogP contribution in [0.4, 0.5) is 16.2 Å². The van der Waals surface area contributed by atoms with E-state index in [0.29, 0.717) is 16.8 Å². The van der Waals surface area contributed by atoms with Gasteiger partial charge >= 0.3 is 6.03 Å². The highest BCUT2D eigenvalue weighted by atomic mass is 35.5. The molecule has 3 aromatic carbocycles. The number of barbiturate groups is 1. The maximum atomic E-state index is 13.1. The Hall–Kier alpha value is -4.70. The second kappa shape index (κ2) is 10.9. The van der Waals surface area contributed by atoms with Gasteiger partial charge in [-0.25, -0.2) is 9.69 Å². The lowest BCUT2D eigenvalue weighted by Crippen LogP contribution is -2.54. The molecule has 10 nitrogen and oxygen atoms in total. The van der Waals surface area contributed by atoms with Crippen molar-refractivity contribution in [3.63, 3.8) is 0 Å². The van der Waals surface area contributed by atoms with Crippen molar-refractivity contribution in [3.05, 3.63) is 98.6 Å². The number of nitrogens with zero attached hydrogens (tertiary/aromatic N) is 2. The topological polar surface area (TPSA) is 128 Å². The van der Waals surface area contributed by atoms with Crippen molar-refractivity contribution < 1.29 is 28.8 Å². The fourth-order valence-electron chi connectivity index (χ4n) is 3.63. The van der Waals surface area contributed by atoms with Gasteiger partial charge in [0.2, 0.25) is 0 Å². The summed E-state index contributed by atoms with van der Waals surface area (Å²) in [4.78, 5) is 49.3. The lowest BCUT2D eigenvalue weighted by Gasteiger charge is -2.26. The Morgan fingerprint density at radius 3 is 2.49 bits per heavy atom. The molecule has 0 aromatic heterocycles. The van der Waals surface area contributed by atoms with Gasteiger partial charge in [-0.15, -0.1) is 0 Å². The highest BCUT2D eigenvalue weighted by Crippen LogP contribution is 2.38. The summed E-state index contributed by atoms with van der Waals surface area (Å²) in [6, 6.07) is 16.4. The van der Waals surface area contributed by atoms with Crippen LogP contribution in [-0.4, -0.2) is 29.4 Å². The van der Waals surface area contributed by atoms with E-state index >= 15 is 0 Å². The molecule has 0 atom stereocenters. The normalized spacial score (nSPS) is 14.5. The number of halogens is 1. The quantitative estimate of drug-likeness (QED) is 0.193. The number of nitro groups is 1. The van der Waals surface area contributed by atoms with Crippen molar-refractivity contribution >= 4 is 46.9 Å². The van der Waals surface area contributed by atoms with Crippen molar-refractivity contribution in [2.45, 2.75) is 13.5 Å². The van der Waals surface area contributed by atoms with Crippen LogP contribution in [0.2, 0.25) is 5.02 Å². The molecular weight excluding hydrogens is 502 g/mol. The number of amides is 4. The fourth-order valence-corrected chi connectivity index (χ4v) is 3.90. The third kappa shape index (κ3) is 5.60. The summed E-state index contributed by atoms with van der Waals surface area (Å²) in [6.07, 6.45) is 1.30. The third-order valence-electron chi connectivity index (χ3n) is 5.26. The van der Waals surface area contributed by atoms with E-state index in [1.165, 1.54) is 30.3 Å². The molecule has 0 aliphatic carbocycles. The van der Waals surface area contributed by atoms with E-state index in [1.807, 2.05) is 0 Å². The standard InChI is InChI=1S/C26H20ClN3O7/c1-2-36-22-14-17(13-21(27)23(22)37-15-16-7-6-10-19(11-16)30(34)35)12-20-24(31)28-26(33)29(25(20)32)18-8-4-3-5-9-18/h3-14H,2,15H2,1H3,(H,28,31,33)/b20-12+. The van der Waals surface area contributed by atoms with Crippen LogP contribution in [0.3, 0.4) is 0 Å². The van der Waals surface area contributed by atoms with E-state index in [1.54, 1.807) is 49.4 Å². The van der Waals surface area contributed by atoms with E-state index in [-0.39, 0.29) is 41.0 Å². The van der Waals surface area contributed by atoms with Crippen LogP contribution in [-0.2, 0) is 16.2 Å². The molecule has 0 radical (unpaired) electrons. The Kier molecular flexibility index (Phi) is 7.49. The molecule has 1 N–H and O–H groups in total. The van der Waals surface area contributed by atoms with Crippen LogP contribution >= 0.6 is 11.6 Å². The number of non-ortho nitro benzene ring substituents is 1. The maximum absolute atomic E-state index is 13.1. The molecule has 4 amide bonds. The Balaban J connectivity index is 1.64. The summed E-state index contributed by atoms with van der Waals surface area (Å²) in [5.74, 6) is -1.20. The Morgan fingerprint density at radius 2 is 1.78 bits per heavy atom. The highest BCUT2D eigenvalue weighted by molar-refractivity contribution is 6.39. The molecular formula is C26H20ClN3O7. The Bertz CT molecular complexity index is 1420. The molecule has 11 heteroatoms. The number of carbonyl (C=O) groups excluding carboxylic acids is 3. The van der Waals surface area contributed by atoms with Crippen molar-refractivity contribution in [2.75, 3.05) is 11.5 Å². The zero-order valence-corrected chi connectivity index (χ0v) is 20.2. The minimum atomic E-state index is -0.851. The SMILES string of the molecule is CCOc1cc(/C=C2\C(=O)NC(=O)N(c3ccccc3)C2=O)cc(Cl)c1OCc1cccc([N+](=O)[O-])c1. The van der Waals surface area contributed by atoms with Gasteiger partial charge in [0.25, 0.3) is 17.5 Å². The largest absolute Gasteiger partial charge is 0.490 e. The average Bonchev–Trinajstić information content (AvgIpc) is 2.87. The number of hydrogen-bond donors (Lipinski definition) is 1. The average molecular weight is 522 g/mol. The second-order valence-corrected chi connectivity index (χ2v) is 8.18. The highest BCUT2D eigenvalue weighted by Gasteiger charge is 2.36. The van der Waals surface area contributed by atoms with Gasteiger partial charge in [-0.1, -0.05) is 41.9 Å². The van der Waals surface area contributed by atoms with Gasteiger partial charge in [0.1, 0.15) is 12.2 Å². The summed E-state index contributed by atoms with van der Waals surface area (Å²) in [6.45, 7) is 2.00. The van der Waals surface area contributed by atoms with Crippen LogP contribution in [0, 0.1) is 10.1 Å². The van der Waals surface area contributed by atoms with Gasteiger partial charge in [0.05, 0.1) is 22.2 Å². The van der Waals surface area contributed by atoms with Crippen molar-refractivity contribution in [1.82, 2.24) is 5.32 Å². The van der Waals surface area contributed by atoms with Crippen LogP contribution in [0.25, 0.3) is 6.08 Å². The number of carbonyl (C=O) groups is 3.